The fourth-order valence-corrected chi connectivity index (χ4v) is 4.70. The smallest absolute Gasteiger partial charge is 0.278 e. The van der Waals surface area contributed by atoms with Gasteiger partial charge in [0.2, 0.25) is 0 Å². The van der Waals surface area contributed by atoms with E-state index < -0.39 is 0 Å². The van der Waals surface area contributed by atoms with Crippen molar-refractivity contribution in [1.29, 1.82) is 0 Å². The molecule has 2 aromatic rings. The number of rotatable bonds is 5. The van der Waals surface area contributed by atoms with Gasteiger partial charge in [0, 0.05) is 11.3 Å². The Morgan fingerprint density at radius 2 is 1.57 bits per heavy atom. The van der Waals surface area contributed by atoms with Gasteiger partial charge in [-0.3, -0.25) is 4.79 Å². The molecule has 0 radical (unpaired) electrons. The number of carbonyl (C=O) groups excluding carboxylic acids is 1. The number of nitrogens with zero attached hydrogens (tertiary/aromatic N) is 2. The van der Waals surface area contributed by atoms with Crippen LogP contribution in [-0.4, -0.2) is 74.8 Å². The maximum absolute atomic E-state index is 12.9. The van der Waals surface area contributed by atoms with Crippen molar-refractivity contribution in [3.05, 3.63) is 60.2 Å². The van der Waals surface area contributed by atoms with Crippen molar-refractivity contribution in [2.24, 2.45) is 0 Å². The second-order valence-corrected chi connectivity index (χ2v) is 8.60. The van der Waals surface area contributed by atoms with E-state index in [1.165, 1.54) is 10.5 Å². The van der Waals surface area contributed by atoms with E-state index in [4.69, 9.17) is 0 Å². The van der Waals surface area contributed by atoms with Gasteiger partial charge in [0.25, 0.3) is 5.91 Å². The Morgan fingerprint density at radius 3 is 2.20 bits per heavy atom. The highest BCUT2D eigenvalue weighted by atomic mass is 16.3. The average Bonchev–Trinajstić information content (AvgIpc) is 2.80. The molecule has 2 fully saturated rings. The van der Waals surface area contributed by atoms with Crippen molar-refractivity contribution in [3.8, 4) is 5.75 Å². The molecule has 2 heterocycles. The third-order valence-corrected chi connectivity index (χ3v) is 6.76. The largest absolute Gasteiger partial charge is 0.508 e. The fourth-order valence-electron chi connectivity index (χ4n) is 4.70. The van der Waals surface area contributed by atoms with Gasteiger partial charge in [0.05, 0.1) is 52.4 Å². The molecule has 1 amide bonds. The molecule has 4 rings (SSSR count). The van der Waals surface area contributed by atoms with Crippen LogP contribution in [0, 0.1) is 0 Å². The Labute approximate surface area is 179 Å². The maximum atomic E-state index is 12.9. The number of amides is 1. The first-order valence-electron chi connectivity index (χ1n) is 11.1. The number of quaternary nitrogens is 2. The first-order valence-corrected chi connectivity index (χ1v) is 11.1. The molecule has 1 atom stereocenters. The van der Waals surface area contributed by atoms with E-state index in [1.54, 1.807) is 17.0 Å². The van der Waals surface area contributed by atoms with Crippen LogP contribution in [0.3, 0.4) is 0 Å². The molecular weight excluding hydrogens is 376 g/mol. The van der Waals surface area contributed by atoms with Crippen LogP contribution in [0.25, 0.3) is 0 Å². The summed E-state index contributed by atoms with van der Waals surface area (Å²) < 4.78 is 0. The van der Waals surface area contributed by atoms with Crippen LogP contribution >= 0.6 is 0 Å². The Kier molecular flexibility index (Phi) is 6.55. The predicted molar refractivity (Wildman–Crippen MR) is 118 cm³/mol. The van der Waals surface area contributed by atoms with E-state index in [0.29, 0.717) is 24.2 Å². The van der Waals surface area contributed by atoms with Crippen LogP contribution in [0.1, 0.15) is 18.5 Å². The molecule has 2 aliphatic heterocycles. The lowest BCUT2D eigenvalue weighted by atomic mass is 10.1. The molecule has 0 aliphatic carbocycles. The summed E-state index contributed by atoms with van der Waals surface area (Å²) in [4.78, 5) is 20.2. The van der Waals surface area contributed by atoms with Gasteiger partial charge in [-0.05, 0) is 31.2 Å². The van der Waals surface area contributed by atoms with Crippen LogP contribution in [-0.2, 0) is 4.79 Å². The standard InChI is InChI=1S/C24H32N4O2/c1-20(21-5-3-2-4-6-21)26-15-17-28(18-16-26)24(30)19-25-11-13-27(14-12-25)22-7-9-23(29)10-8-22/h2-10,20,29H,11-19H2,1H3/p+2/t20-/m1/s1. The molecule has 6 heteroatoms. The third kappa shape index (κ3) is 4.94. The van der Waals surface area contributed by atoms with Gasteiger partial charge in [-0.15, -0.1) is 0 Å². The monoisotopic (exact) mass is 410 g/mol. The molecule has 0 unspecified atom stereocenters. The minimum Gasteiger partial charge on any atom is -0.508 e. The Bertz CT molecular complexity index is 811. The highest BCUT2D eigenvalue weighted by Gasteiger charge is 2.30. The van der Waals surface area contributed by atoms with Gasteiger partial charge in [0.15, 0.2) is 6.54 Å². The number of nitrogens with one attached hydrogen (secondary N) is 2. The third-order valence-electron chi connectivity index (χ3n) is 6.76. The van der Waals surface area contributed by atoms with Crippen molar-refractivity contribution in [2.45, 2.75) is 13.0 Å². The van der Waals surface area contributed by atoms with E-state index in [1.807, 2.05) is 12.1 Å². The summed E-state index contributed by atoms with van der Waals surface area (Å²) in [5, 5.41) is 9.46. The van der Waals surface area contributed by atoms with Gasteiger partial charge in [0.1, 0.15) is 11.8 Å². The molecule has 2 aromatic carbocycles. The number of benzene rings is 2. The molecule has 0 saturated carbocycles. The minimum absolute atomic E-state index is 0.300. The van der Waals surface area contributed by atoms with Crippen LogP contribution < -0.4 is 14.7 Å². The zero-order valence-corrected chi connectivity index (χ0v) is 17.9. The van der Waals surface area contributed by atoms with Gasteiger partial charge < -0.3 is 24.7 Å². The van der Waals surface area contributed by atoms with Crippen LogP contribution in [0.5, 0.6) is 5.75 Å². The first kappa shape index (κ1) is 20.7. The minimum atomic E-state index is 0.300. The molecule has 30 heavy (non-hydrogen) atoms. The summed E-state index contributed by atoms with van der Waals surface area (Å²) in [6.07, 6.45) is 0. The molecule has 160 valence electrons. The van der Waals surface area contributed by atoms with E-state index >= 15 is 0 Å². The number of carbonyl (C=O) groups is 1. The fraction of sp³-hybridized carbons (Fsp3) is 0.458. The lowest BCUT2D eigenvalue weighted by Gasteiger charge is -2.37. The van der Waals surface area contributed by atoms with E-state index in [9.17, 15) is 9.90 Å². The molecule has 2 saturated heterocycles. The van der Waals surface area contributed by atoms with Crippen molar-refractivity contribution in [2.75, 3.05) is 63.8 Å². The summed E-state index contributed by atoms with van der Waals surface area (Å²) in [6.45, 7) is 10.5. The van der Waals surface area contributed by atoms with Gasteiger partial charge >= 0.3 is 0 Å². The van der Waals surface area contributed by atoms with Crippen LogP contribution in [0.15, 0.2) is 54.6 Å². The topological polar surface area (TPSA) is 52.7 Å². The quantitative estimate of drug-likeness (QED) is 0.628. The second kappa shape index (κ2) is 9.49. The molecule has 2 aliphatic rings. The average molecular weight is 411 g/mol. The van der Waals surface area contributed by atoms with E-state index in [-0.39, 0.29) is 0 Å². The molecular formula is C24H34N4O2+2. The number of hydrogen-bond donors (Lipinski definition) is 3. The summed E-state index contributed by atoms with van der Waals surface area (Å²) >= 11 is 0. The molecule has 0 spiro atoms. The van der Waals surface area contributed by atoms with Crippen LogP contribution in [0.4, 0.5) is 5.69 Å². The SMILES string of the molecule is C[C@H](c1ccccc1)[NH+]1CCN(C(=O)C[NH+]2CCN(c3ccc(O)cc3)CC2)CC1. The maximum Gasteiger partial charge on any atom is 0.278 e. The van der Waals surface area contributed by atoms with Gasteiger partial charge in [-0.1, -0.05) is 30.3 Å². The Balaban J connectivity index is 1.21. The van der Waals surface area contributed by atoms with E-state index in [0.717, 1.165) is 58.0 Å². The zero-order chi connectivity index (χ0) is 20.9. The van der Waals surface area contributed by atoms with Crippen molar-refractivity contribution in [1.82, 2.24) is 4.90 Å². The highest BCUT2D eigenvalue weighted by molar-refractivity contribution is 5.77. The van der Waals surface area contributed by atoms with Crippen LogP contribution in [0.2, 0.25) is 0 Å². The highest BCUT2D eigenvalue weighted by Crippen LogP contribution is 2.18. The summed E-state index contributed by atoms with van der Waals surface area (Å²) in [6, 6.07) is 18.6. The lowest BCUT2D eigenvalue weighted by molar-refractivity contribution is -0.933. The normalized spacial score (nSPS) is 19.6. The predicted octanol–water partition coefficient (Wildman–Crippen LogP) is -0.415. The number of piperazine rings is 2. The Hall–Kier alpha value is -2.57. The summed E-state index contributed by atoms with van der Waals surface area (Å²) in [5.74, 6) is 0.600. The van der Waals surface area contributed by atoms with Crippen molar-refractivity contribution >= 4 is 11.6 Å². The van der Waals surface area contributed by atoms with Gasteiger partial charge in [-0.25, -0.2) is 0 Å². The summed E-state index contributed by atoms with van der Waals surface area (Å²) in [7, 11) is 0. The molecule has 3 N–H and O–H groups in total. The van der Waals surface area contributed by atoms with Crippen molar-refractivity contribution < 1.29 is 19.7 Å². The number of aromatic hydroxyl groups is 1. The number of anilines is 1. The summed E-state index contributed by atoms with van der Waals surface area (Å²) in [5.41, 5.74) is 2.52. The zero-order valence-electron chi connectivity index (χ0n) is 17.9. The van der Waals surface area contributed by atoms with Gasteiger partial charge in [-0.2, -0.15) is 0 Å². The molecule has 0 bridgehead atoms. The molecule has 6 nitrogen and oxygen atoms in total. The number of phenols is 1. The Morgan fingerprint density at radius 1 is 0.933 bits per heavy atom. The lowest BCUT2D eigenvalue weighted by Crippen LogP contribution is -3.16. The number of phenolic OH excluding ortho intramolecular Hbond substituents is 1. The second-order valence-electron chi connectivity index (χ2n) is 8.60. The van der Waals surface area contributed by atoms with E-state index in [2.05, 4.69) is 47.1 Å². The van der Waals surface area contributed by atoms with Crippen molar-refractivity contribution in [3.63, 3.8) is 0 Å². The number of hydrogen-bond acceptors (Lipinski definition) is 3. The first-order chi connectivity index (χ1) is 14.6. The molecule has 0 aromatic heterocycles.